The third-order valence-corrected chi connectivity index (χ3v) is 5.09. The van der Waals surface area contributed by atoms with Gasteiger partial charge < -0.3 is 14.6 Å². The summed E-state index contributed by atoms with van der Waals surface area (Å²) in [6.45, 7) is 5.29. The third kappa shape index (κ3) is 2.93. The van der Waals surface area contributed by atoms with Gasteiger partial charge in [-0.15, -0.1) is 0 Å². The summed E-state index contributed by atoms with van der Waals surface area (Å²) in [5.41, 5.74) is 0.287. The topological polar surface area (TPSA) is 65.1 Å². The van der Waals surface area contributed by atoms with E-state index in [-0.39, 0.29) is 17.2 Å². The van der Waals surface area contributed by atoms with Crippen molar-refractivity contribution in [3.05, 3.63) is 22.5 Å². The lowest BCUT2D eigenvalue weighted by Crippen LogP contribution is -2.57. The highest BCUT2D eigenvalue weighted by Crippen LogP contribution is 2.36. The Bertz CT molecular complexity index is 782. The molecule has 2 unspecified atom stereocenters. The van der Waals surface area contributed by atoms with E-state index in [0.717, 1.165) is 11.9 Å². The lowest BCUT2D eigenvalue weighted by Gasteiger charge is -2.45. The number of halogens is 2. The fraction of sp³-hybridized carbons (Fsp3) is 0.500. The molecule has 3 rings (SSSR count). The molecule has 0 spiro atoms. The highest BCUT2D eigenvalue weighted by Gasteiger charge is 2.42. The van der Waals surface area contributed by atoms with E-state index in [1.165, 1.54) is 0 Å². The Labute approximate surface area is 142 Å². The molecule has 0 aromatic carbocycles. The number of piperidine rings is 1. The van der Waals surface area contributed by atoms with Crippen LogP contribution in [0.15, 0.2) is 21.2 Å². The van der Waals surface area contributed by atoms with Crippen LogP contribution < -0.4 is 5.32 Å². The average Bonchev–Trinajstić information content (AvgIpc) is 2.88. The smallest absolute Gasteiger partial charge is 0.204 e. The van der Waals surface area contributed by atoms with E-state index in [2.05, 4.69) is 26.2 Å². The van der Waals surface area contributed by atoms with Crippen LogP contribution in [0.5, 0.6) is 0 Å². The molecule has 1 saturated heterocycles. The van der Waals surface area contributed by atoms with Crippen molar-refractivity contribution in [2.75, 3.05) is 25.5 Å². The molecule has 3 heterocycles. The van der Waals surface area contributed by atoms with Crippen molar-refractivity contribution in [2.24, 2.45) is 5.41 Å². The zero-order valence-corrected chi connectivity index (χ0v) is 14.8. The molecule has 0 amide bonds. The second-order valence-corrected chi connectivity index (χ2v) is 7.54. The Morgan fingerprint density at radius 3 is 2.96 bits per heavy atom. The number of fused-ring (bicyclic) bond motifs is 1. The quantitative estimate of drug-likeness (QED) is 0.862. The van der Waals surface area contributed by atoms with Crippen LogP contribution in [0.1, 0.15) is 19.6 Å². The van der Waals surface area contributed by atoms with E-state index < -0.39 is 6.17 Å². The van der Waals surface area contributed by atoms with Crippen molar-refractivity contribution in [1.29, 1.82) is 5.26 Å². The SMILES string of the molecule is CN1CC(F)C(Nc2ncc3oc(C#N)cc3c2Br)C(C)(C)C1. The summed E-state index contributed by atoms with van der Waals surface area (Å²) in [4.78, 5) is 6.33. The Hall–Kier alpha value is -1.65. The van der Waals surface area contributed by atoms with Crippen LogP contribution in [0, 0.1) is 16.7 Å². The zero-order valence-electron chi connectivity index (χ0n) is 13.2. The van der Waals surface area contributed by atoms with E-state index >= 15 is 0 Å². The molecular formula is C16H18BrFN4O. The molecule has 23 heavy (non-hydrogen) atoms. The van der Waals surface area contributed by atoms with Gasteiger partial charge in [0.2, 0.25) is 5.76 Å². The van der Waals surface area contributed by atoms with E-state index in [1.807, 2.05) is 31.9 Å². The van der Waals surface area contributed by atoms with Gasteiger partial charge >= 0.3 is 0 Å². The fourth-order valence-corrected chi connectivity index (χ4v) is 3.85. The lowest BCUT2D eigenvalue weighted by molar-refractivity contribution is 0.0532. The molecule has 1 N–H and O–H groups in total. The summed E-state index contributed by atoms with van der Waals surface area (Å²) < 4.78 is 20.6. The first kappa shape index (κ1) is 16.2. The van der Waals surface area contributed by atoms with Gasteiger partial charge in [0.25, 0.3) is 0 Å². The Balaban J connectivity index is 1.95. The monoisotopic (exact) mass is 380 g/mol. The normalized spacial score (nSPS) is 24.5. The predicted molar refractivity (Wildman–Crippen MR) is 90.0 cm³/mol. The number of nitriles is 1. The van der Waals surface area contributed by atoms with Gasteiger partial charge in [0, 0.05) is 30.0 Å². The number of nitrogens with one attached hydrogen (secondary N) is 1. The molecule has 1 aliphatic rings. The van der Waals surface area contributed by atoms with Gasteiger partial charge in [0.15, 0.2) is 5.58 Å². The molecule has 0 bridgehead atoms. The number of hydrogen-bond acceptors (Lipinski definition) is 5. The number of hydrogen-bond donors (Lipinski definition) is 1. The standard InChI is InChI=1S/C16H18BrFN4O/c1-16(2)8-22(3)7-11(18)14(16)21-15-13(17)10-4-9(5-19)23-12(10)6-20-15/h4,6,11,14H,7-8H2,1-3H3,(H,20,21). The Morgan fingerprint density at radius 1 is 1.57 bits per heavy atom. The molecule has 122 valence electrons. The molecule has 5 nitrogen and oxygen atoms in total. The second kappa shape index (κ2) is 5.77. The van der Waals surface area contributed by atoms with Gasteiger partial charge in [-0.2, -0.15) is 5.26 Å². The van der Waals surface area contributed by atoms with E-state index in [0.29, 0.717) is 22.4 Å². The first-order chi connectivity index (χ1) is 10.8. The summed E-state index contributed by atoms with van der Waals surface area (Å²) in [5, 5.41) is 12.9. The van der Waals surface area contributed by atoms with Crippen LogP contribution in [0.25, 0.3) is 11.0 Å². The number of furan rings is 1. The van der Waals surface area contributed by atoms with Gasteiger partial charge in [0.1, 0.15) is 18.1 Å². The highest BCUT2D eigenvalue weighted by molar-refractivity contribution is 9.10. The van der Waals surface area contributed by atoms with Crippen LogP contribution in [-0.4, -0.2) is 42.2 Å². The molecule has 7 heteroatoms. The third-order valence-electron chi connectivity index (χ3n) is 4.29. The first-order valence-electron chi connectivity index (χ1n) is 7.39. The minimum atomic E-state index is -0.993. The molecule has 0 radical (unpaired) electrons. The predicted octanol–water partition coefficient (Wildman–Crippen LogP) is 3.55. The largest absolute Gasteiger partial charge is 0.444 e. The molecule has 0 saturated carbocycles. The van der Waals surface area contributed by atoms with Crippen molar-refractivity contribution in [3.63, 3.8) is 0 Å². The van der Waals surface area contributed by atoms with Crippen molar-refractivity contribution in [3.8, 4) is 6.07 Å². The summed E-state index contributed by atoms with van der Waals surface area (Å²) in [6, 6.07) is 3.27. The van der Waals surface area contributed by atoms with Crippen LogP contribution in [0.4, 0.5) is 10.2 Å². The maximum Gasteiger partial charge on any atom is 0.204 e. The van der Waals surface area contributed by atoms with Gasteiger partial charge in [0.05, 0.1) is 16.7 Å². The molecule has 2 aromatic rings. The van der Waals surface area contributed by atoms with Gasteiger partial charge in [-0.3, -0.25) is 0 Å². The van der Waals surface area contributed by atoms with E-state index in [9.17, 15) is 4.39 Å². The van der Waals surface area contributed by atoms with Crippen molar-refractivity contribution in [2.45, 2.75) is 26.1 Å². The van der Waals surface area contributed by atoms with Gasteiger partial charge in [-0.05, 0) is 23.0 Å². The minimum absolute atomic E-state index is 0.225. The highest BCUT2D eigenvalue weighted by atomic mass is 79.9. The lowest BCUT2D eigenvalue weighted by atomic mass is 9.78. The van der Waals surface area contributed by atoms with Crippen molar-refractivity contribution in [1.82, 2.24) is 9.88 Å². The molecule has 1 aliphatic heterocycles. The van der Waals surface area contributed by atoms with Crippen LogP contribution in [0.3, 0.4) is 0 Å². The number of aromatic nitrogens is 1. The number of anilines is 1. The number of likely N-dealkylation sites (tertiary alicyclic amines) is 1. The number of pyridine rings is 1. The first-order valence-corrected chi connectivity index (χ1v) is 8.18. The maximum atomic E-state index is 14.6. The summed E-state index contributed by atoms with van der Waals surface area (Å²) >= 11 is 3.49. The minimum Gasteiger partial charge on any atom is -0.444 e. The van der Waals surface area contributed by atoms with E-state index in [1.54, 1.807) is 12.3 Å². The number of rotatable bonds is 2. The molecule has 2 aromatic heterocycles. The molecule has 2 atom stereocenters. The van der Waals surface area contributed by atoms with Gasteiger partial charge in [-0.1, -0.05) is 13.8 Å². The van der Waals surface area contributed by atoms with Crippen LogP contribution in [-0.2, 0) is 0 Å². The van der Waals surface area contributed by atoms with Crippen molar-refractivity contribution < 1.29 is 8.81 Å². The summed E-state index contributed by atoms with van der Waals surface area (Å²) in [5.74, 6) is 0.788. The average molecular weight is 381 g/mol. The Morgan fingerprint density at radius 2 is 2.30 bits per heavy atom. The van der Waals surface area contributed by atoms with Crippen LogP contribution >= 0.6 is 15.9 Å². The molecule has 1 fully saturated rings. The second-order valence-electron chi connectivity index (χ2n) is 6.74. The Kier molecular flexibility index (Phi) is 4.07. The maximum absolute atomic E-state index is 14.6. The zero-order chi connectivity index (χ0) is 16.8. The summed E-state index contributed by atoms with van der Waals surface area (Å²) in [6.07, 6.45) is 0.561. The summed E-state index contributed by atoms with van der Waals surface area (Å²) in [7, 11) is 1.93. The van der Waals surface area contributed by atoms with Crippen LogP contribution in [0.2, 0.25) is 0 Å². The van der Waals surface area contributed by atoms with E-state index in [4.69, 9.17) is 9.68 Å². The number of nitrogens with zero attached hydrogens (tertiary/aromatic N) is 3. The number of alkyl halides is 1. The fourth-order valence-electron chi connectivity index (χ4n) is 3.32. The molecule has 0 aliphatic carbocycles. The molecular weight excluding hydrogens is 363 g/mol. The van der Waals surface area contributed by atoms with Crippen molar-refractivity contribution >= 4 is 32.7 Å². The van der Waals surface area contributed by atoms with Gasteiger partial charge in [-0.25, -0.2) is 9.37 Å².